The summed E-state index contributed by atoms with van der Waals surface area (Å²) in [6.45, 7) is 5.82. The summed E-state index contributed by atoms with van der Waals surface area (Å²) in [5.41, 5.74) is 2.17. The summed E-state index contributed by atoms with van der Waals surface area (Å²) in [5, 5.41) is 2.02. The van der Waals surface area contributed by atoms with E-state index in [1.165, 1.54) is 4.90 Å². The Morgan fingerprint density at radius 1 is 0.970 bits per heavy atom. The van der Waals surface area contributed by atoms with Crippen molar-refractivity contribution < 1.29 is 23.9 Å². The predicted octanol–water partition coefficient (Wildman–Crippen LogP) is 3.79. The Morgan fingerprint density at radius 2 is 1.73 bits per heavy atom. The van der Waals surface area contributed by atoms with E-state index in [2.05, 4.69) is 0 Å². The fourth-order valence-corrected chi connectivity index (χ4v) is 4.25. The monoisotopic (exact) mass is 474 g/mol. The second kappa shape index (κ2) is 14.4. The summed E-state index contributed by atoms with van der Waals surface area (Å²) in [6.07, 6.45) is 0.628. The first-order valence-corrected chi connectivity index (χ1v) is 12.1. The summed E-state index contributed by atoms with van der Waals surface area (Å²) in [6, 6.07) is 11.9. The highest BCUT2D eigenvalue weighted by atomic mass is 32.1. The molecule has 2 aromatic rings. The minimum absolute atomic E-state index is 0.00373. The van der Waals surface area contributed by atoms with Gasteiger partial charge in [0.15, 0.2) is 0 Å². The van der Waals surface area contributed by atoms with Gasteiger partial charge in [0, 0.05) is 38.1 Å². The molecule has 0 aliphatic heterocycles. The number of thiophene rings is 1. The van der Waals surface area contributed by atoms with Crippen LogP contribution in [0.2, 0.25) is 0 Å². The van der Waals surface area contributed by atoms with Crippen molar-refractivity contribution >= 4 is 29.1 Å². The first-order valence-electron chi connectivity index (χ1n) is 11.2. The molecule has 0 saturated carbocycles. The van der Waals surface area contributed by atoms with Gasteiger partial charge >= 0.3 is 5.97 Å². The molecule has 33 heavy (non-hydrogen) atoms. The molecule has 0 aliphatic rings. The fraction of sp³-hybridized carbons (Fsp3) is 0.480. The van der Waals surface area contributed by atoms with E-state index in [9.17, 15) is 14.4 Å². The number of methoxy groups -OCH3 is 1. The SMILES string of the molecule is CCOC(=O)CCC(=O)N(CCCOC)CC(=O)N(Cc1ccccc1)Cc1sccc1C. The maximum atomic E-state index is 13.4. The molecule has 2 amide bonds. The van der Waals surface area contributed by atoms with E-state index in [1.807, 2.05) is 48.7 Å². The summed E-state index contributed by atoms with van der Waals surface area (Å²) in [7, 11) is 1.60. The van der Waals surface area contributed by atoms with Crippen molar-refractivity contribution in [3.63, 3.8) is 0 Å². The fourth-order valence-electron chi connectivity index (χ4n) is 3.33. The van der Waals surface area contributed by atoms with Crippen molar-refractivity contribution in [3.8, 4) is 0 Å². The zero-order valence-electron chi connectivity index (χ0n) is 19.7. The lowest BCUT2D eigenvalue weighted by atomic mass is 10.2. The lowest BCUT2D eigenvalue weighted by Crippen LogP contribution is -2.43. The van der Waals surface area contributed by atoms with E-state index in [-0.39, 0.29) is 37.8 Å². The molecule has 0 unspecified atom stereocenters. The average molecular weight is 475 g/mol. The quantitative estimate of drug-likeness (QED) is 0.308. The van der Waals surface area contributed by atoms with Gasteiger partial charge in [-0.3, -0.25) is 14.4 Å². The smallest absolute Gasteiger partial charge is 0.306 e. The van der Waals surface area contributed by atoms with Gasteiger partial charge < -0.3 is 19.3 Å². The van der Waals surface area contributed by atoms with Crippen molar-refractivity contribution in [1.29, 1.82) is 0 Å². The van der Waals surface area contributed by atoms with Crippen LogP contribution in [0.4, 0.5) is 0 Å². The lowest BCUT2D eigenvalue weighted by Gasteiger charge is -2.28. The normalized spacial score (nSPS) is 10.6. The Labute approximate surface area is 200 Å². The minimum Gasteiger partial charge on any atom is -0.466 e. The van der Waals surface area contributed by atoms with Crippen LogP contribution in [0.1, 0.15) is 42.2 Å². The van der Waals surface area contributed by atoms with E-state index >= 15 is 0 Å². The maximum absolute atomic E-state index is 13.4. The van der Waals surface area contributed by atoms with Crippen molar-refractivity contribution in [3.05, 3.63) is 57.8 Å². The van der Waals surface area contributed by atoms with Crippen molar-refractivity contribution in [2.75, 3.05) is 33.4 Å². The van der Waals surface area contributed by atoms with Crippen LogP contribution in [0.15, 0.2) is 41.8 Å². The molecule has 0 fully saturated rings. The molecule has 0 N–H and O–H groups in total. The first-order chi connectivity index (χ1) is 15.9. The molecule has 0 aliphatic carbocycles. The number of carbonyl (C=O) groups excluding carboxylic acids is 3. The molecule has 0 saturated heterocycles. The summed E-state index contributed by atoms with van der Waals surface area (Å²) in [5.74, 6) is -0.777. The third-order valence-electron chi connectivity index (χ3n) is 5.18. The number of amides is 2. The zero-order chi connectivity index (χ0) is 24.1. The van der Waals surface area contributed by atoms with Gasteiger partial charge in [0.1, 0.15) is 0 Å². The minimum atomic E-state index is -0.409. The van der Waals surface area contributed by atoms with Crippen LogP contribution in [-0.4, -0.2) is 61.0 Å². The highest BCUT2D eigenvalue weighted by Crippen LogP contribution is 2.20. The van der Waals surface area contributed by atoms with Crippen molar-refractivity contribution in [2.24, 2.45) is 0 Å². The lowest BCUT2D eigenvalue weighted by molar-refractivity contribution is -0.146. The number of ether oxygens (including phenoxy) is 2. The van der Waals surface area contributed by atoms with E-state index in [0.717, 1.165) is 16.0 Å². The van der Waals surface area contributed by atoms with Gasteiger partial charge in [-0.2, -0.15) is 0 Å². The first kappa shape index (κ1) is 26.5. The molecular formula is C25H34N2O5S. The van der Waals surface area contributed by atoms with Crippen LogP contribution in [0, 0.1) is 6.92 Å². The Bertz CT molecular complexity index is 884. The highest BCUT2D eigenvalue weighted by Gasteiger charge is 2.23. The van der Waals surface area contributed by atoms with E-state index < -0.39 is 5.97 Å². The van der Waals surface area contributed by atoms with E-state index in [1.54, 1.807) is 30.3 Å². The summed E-state index contributed by atoms with van der Waals surface area (Å²) < 4.78 is 10.0. The molecule has 0 bridgehead atoms. The zero-order valence-corrected chi connectivity index (χ0v) is 20.6. The number of nitrogens with zero attached hydrogens (tertiary/aromatic N) is 2. The van der Waals surface area contributed by atoms with Crippen molar-refractivity contribution in [1.82, 2.24) is 9.80 Å². The molecule has 1 heterocycles. The van der Waals surface area contributed by atoms with E-state index in [4.69, 9.17) is 9.47 Å². The van der Waals surface area contributed by atoms with Gasteiger partial charge in [-0.1, -0.05) is 30.3 Å². The third-order valence-corrected chi connectivity index (χ3v) is 6.18. The average Bonchev–Trinajstić information content (AvgIpc) is 3.21. The Hall–Kier alpha value is -2.71. The maximum Gasteiger partial charge on any atom is 0.306 e. The molecule has 0 atom stereocenters. The summed E-state index contributed by atoms with van der Waals surface area (Å²) >= 11 is 1.62. The number of rotatable bonds is 14. The number of hydrogen-bond acceptors (Lipinski definition) is 6. The number of carbonyl (C=O) groups is 3. The second-order valence-corrected chi connectivity index (χ2v) is 8.73. The van der Waals surface area contributed by atoms with Crippen LogP contribution in [0.25, 0.3) is 0 Å². The Kier molecular flexibility index (Phi) is 11.6. The third kappa shape index (κ3) is 9.35. The predicted molar refractivity (Wildman–Crippen MR) is 129 cm³/mol. The van der Waals surface area contributed by atoms with Gasteiger partial charge in [-0.05, 0) is 42.8 Å². The Morgan fingerprint density at radius 3 is 2.36 bits per heavy atom. The van der Waals surface area contributed by atoms with Gasteiger partial charge in [0.25, 0.3) is 0 Å². The summed E-state index contributed by atoms with van der Waals surface area (Å²) in [4.78, 5) is 42.4. The molecule has 180 valence electrons. The van der Waals surface area contributed by atoms with Crippen molar-refractivity contribution in [2.45, 2.75) is 46.2 Å². The molecule has 8 heteroatoms. The molecule has 0 spiro atoms. The van der Waals surface area contributed by atoms with Gasteiger partial charge in [-0.25, -0.2) is 0 Å². The molecular weight excluding hydrogens is 440 g/mol. The molecule has 1 aromatic carbocycles. The van der Waals surface area contributed by atoms with Gasteiger partial charge in [-0.15, -0.1) is 11.3 Å². The number of benzene rings is 1. The van der Waals surface area contributed by atoms with Crippen LogP contribution < -0.4 is 0 Å². The molecule has 2 rings (SSSR count). The Balaban J connectivity index is 2.12. The number of esters is 1. The van der Waals surface area contributed by atoms with Gasteiger partial charge in [0.2, 0.25) is 11.8 Å². The van der Waals surface area contributed by atoms with Gasteiger partial charge in [0.05, 0.1) is 26.1 Å². The van der Waals surface area contributed by atoms with E-state index in [0.29, 0.717) is 32.7 Å². The number of aryl methyl sites for hydroxylation is 1. The largest absolute Gasteiger partial charge is 0.466 e. The molecule has 1 aromatic heterocycles. The standard InChI is InChI=1S/C25H34N2O5S/c1-4-32-25(30)12-11-23(28)26(14-8-15-31-3)19-24(29)27(17-21-9-6-5-7-10-21)18-22-20(2)13-16-33-22/h5-7,9-10,13,16H,4,8,11-12,14-15,17-19H2,1-3H3. The van der Waals surface area contributed by atoms with Crippen LogP contribution in [0.5, 0.6) is 0 Å². The van der Waals surface area contributed by atoms with Crippen LogP contribution in [-0.2, 0) is 36.9 Å². The molecule has 0 radical (unpaired) electrons. The topological polar surface area (TPSA) is 76.1 Å². The second-order valence-electron chi connectivity index (χ2n) is 7.73. The number of hydrogen-bond donors (Lipinski definition) is 0. The molecule has 7 nitrogen and oxygen atoms in total. The van der Waals surface area contributed by atoms with Crippen LogP contribution in [0.3, 0.4) is 0 Å². The van der Waals surface area contributed by atoms with Crippen LogP contribution >= 0.6 is 11.3 Å². The highest BCUT2D eigenvalue weighted by molar-refractivity contribution is 7.10.